The first-order valence-electron chi connectivity index (χ1n) is 5.94. The fourth-order valence-corrected chi connectivity index (χ4v) is 1.73. The average molecular weight is 276 g/mol. The standard InChI is InChI=1S/C13H16ClF2NO/c14-7-3-1-2-4-8-17-13(18)11-6-5-10(15)9-12(11)16/h5-6,9H,1-4,7-8H2,(H,17,18). The van der Waals surface area contributed by atoms with Crippen molar-refractivity contribution in [2.24, 2.45) is 0 Å². The van der Waals surface area contributed by atoms with Crippen LogP contribution >= 0.6 is 11.6 Å². The summed E-state index contributed by atoms with van der Waals surface area (Å²) in [6.45, 7) is 0.484. The normalized spacial score (nSPS) is 10.4. The van der Waals surface area contributed by atoms with Gasteiger partial charge in [-0.05, 0) is 25.0 Å². The molecule has 2 nitrogen and oxygen atoms in total. The van der Waals surface area contributed by atoms with E-state index in [1.54, 1.807) is 0 Å². The molecule has 1 amide bonds. The SMILES string of the molecule is O=C(NCCCCCCCl)c1ccc(F)cc1F. The molecule has 0 saturated heterocycles. The fourth-order valence-electron chi connectivity index (χ4n) is 1.54. The van der Waals surface area contributed by atoms with Crippen LogP contribution in [0.5, 0.6) is 0 Å². The lowest BCUT2D eigenvalue weighted by Crippen LogP contribution is -2.25. The van der Waals surface area contributed by atoms with E-state index in [1.807, 2.05) is 0 Å². The summed E-state index contributed by atoms with van der Waals surface area (Å²) in [5.41, 5.74) is -0.128. The lowest BCUT2D eigenvalue weighted by Gasteiger charge is -2.06. The summed E-state index contributed by atoms with van der Waals surface area (Å²) in [7, 11) is 0. The molecule has 0 aromatic heterocycles. The molecule has 1 aromatic carbocycles. The molecule has 0 bridgehead atoms. The van der Waals surface area contributed by atoms with Gasteiger partial charge in [0.2, 0.25) is 0 Å². The average Bonchev–Trinajstić information content (AvgIpc) is 2.33. The predicted molar refractivity (Wildman–Crippen MR) is 67.9 cm³/mol. The van der Waals surface area contributed by atoms with Gasteiger partial charge in [-0.2, -0.15) is 0 Å². The molecule has 0 heterocycles. The number of nitrogens with one attached hydrogen (secondary N) is 1. The number of amides is 1. The third kappa shape index (κ3) is 5.00. The smallest absolute Gasteiger partial charge is 0.254 e. The van der Waals surface area contributed by atoms with Crippen LogP contribution in [0.1, 0.15) is 36.0 Å². The number of rotatable bonds is 7. The second-order valence-electron chi connectivity index (χ2n) is 3.98. The Kier molecular flexibility index (Phi) is 6.65. The summed E-state index contributed by atoms with van der Waals surface area (Å²) < 4.78 is 25.9. The Hall–Kier alpha value is -1.16. The molecule has 1 rings (SSSR count). The van der Waals surface area contributed by atoms with Crippen LogP contribution in [0, 0.1) is 11.6 Å². The molecular weight excluding hydrogens is 260 g/mol. The van der Waals surface area contributed by atoms with E-state index in [-0.39, 0.29) is 5.56 Å². The zero-order valence-corrected chi connectivity index (χ0v) is 10.8. The minimum absolute atomic E-state index is 0.128. The zero-order valence-electron chi connectivity index (χ0n) is 10.0. The molecule has 0 radical (unpaired) electrons. The van der Waals surface area contributed by atoms with Crippen LogP contribution in [-0.4, -0.2) is 18.3 Å². The summed E-state index contributed by atoms with van der Waals surface area (Å²) in [6, 6.07) is 2.92. The van der Waals surface area contributed by atoms with Crippen molar-refractivity contribution < 1.29 is 13.6 Å². The molecule has 0 unspecified atom stereocenters. The van der Waals surface area contributed by atoms with Crippen molar-refractivity contribution in [3.8, 4) is 0 Å². The van der Waals surface area contributed by atoms with Gasteiger partial charge in [0, 0.05) is 18.5 Å². The Labute approximate surface area is 110 Å². The molecule has 0 fully saturated rings. The highest BCUT2D eigenvalue weighted by Gasteiger charge is 2.11. The van der Waals surface area contributed by atoms with Crippen molar-refractivity contribution >= 4 is 17.5 Å². The van der Waals surface area contributed by atoms with Crippen molar-refractivity contribution in [1.29, 1.82) is 0 Å². The zero-order chi connectivity index (χ0) is 13.4. The van der Waals surface area contributed by atoms with E-state index in [2.05, 4.69) is 5.32 Å². The molecule has 0 spiro atoms. The number of unbranched alkanes of at least 4 members (excludes halogenated alkanes) is 3. The predicted octanol–water partition coefficient (Wildman–Crippen LogP) is 3.49. The maximum Gasteiger partial charge on any atom is 0.254 e. The largest absolute Gasteiger partial charge is 0.352 e. The summed E-state index contributed by atoms with van der Waals surface area (Å²) in [6.07, 6.45) is 3.77. The number of carbonyl (C=O) groups is 1. The Morgan fingerprint density at radius 3 is 2.56 bits per heavy atom. The first-order chi connectivity index (χ1) is 8.65. The van der Waals surface area contributed by atoms with E-state index in [9.17, 15) is 13.6 Å². The van der Waals surface area contributed by atoms with Crippen molar-refractivity contribution in [3.63, 3.8) is 0 Å². The van der Waals surface area contributed by atoms with Gasteiger partial charge in [0.05, 0.1) is 5.56 Å². The van der Waals surface area contributed by atoms with Crippen molar-refractivity contribution in [2.45, 2.75) is 25.7 Å². The van der Waals surface area contributed by atoms with Gasteiger partial charge in [-0.1, -0.05) is 12.8 Å². The molecular formula is C13H16ClF2NO. The van der Waals surface area contributed by atoms with E-state index in [0.29, 0.717) is 18.5 Å². The lowest BCUT2D eigenvalue weighted by atomic mass is 10.2. The third-order valence-corrected chi connectivity index (χ3v) is 2.79. The minimum Gasteiger partial charge on any atom is -0.352 e. The van der Waals surface area contributed by atoms with Crippen molar-refractivity contribution in [1.82, 2.24) is 5.32 Å². The van der Waals surface area contributed by atoms with Gasteiger partial charge in [-0.15, -0.1) is 11.6 Å². The molecule has 1 aromatic rings. The second-order valence-corrected chi connectivity index (χ2v) is 4.36. The topological polar surface area (TPSA) is 29.1 Å². The molecule has 100 valence electrons. The van der Waals surface area contributed by atoms with Crippen LogP contribution in [-0.2, 0) is 0 Å². The molecule has 18 heavy (non-hydrogen) atoms. The number of halogens is 3. The molecule has 0 saturated carbocycles. The first kappa shape index (κ1) is 14.9. The highest BCUT2D eigenvalue weighted by atomic mass is 35.5. The first-order valence-corrected chi connectivity index (χ1v) is 6.48. The molecule has 1 N–H and O–H groups in total. The Morgan fingerprint density at radius 2 is 1.89 bits per heavy atom. The Balaban J connectivity index is 2.32. The van der Waals surface area contributed by atoms with Crippen LogP contribution < -0.4 is 5.32 Å². The van der Waals surface area contributed by atoms with Gasteiger partial charge in [0.25, 0.3) is 5.91 Å². The van der Waals surface area contributed by atoms with E-state index >= 15 is 0 Å². The molecule has 0 aliphatic rings. The van der Waals surface area contributed by atoms with Crippen LogP contribution in [0.2, 0.25) is 0 Å². The third-order valence-electron chi connectivity index (χ3n) is 2.52. The summed E-state index contributed by atoms with van der Waals surface area (Å²) in [5.74, 6) is -1.39. The highest BCUT2D eigenvalue weighted by Crippen LogP contribution is 2.09. The summed E-state index contributed by atoms with van der Waals surface area (Å²) >= 11 is 5.53. The summed E-state index contributed by atoms with van der Waals surface area (Å²) in [5, 5.41) is 2.60. The fraction of sp³-hybridized carbons (Fsp3) is 0.462. The van der Waals surface area contributed by atoms with Crippen LogP contribution in [0.25, 0.3) is 0 Å². The van der Waals surface area contributed by atoms with Crippen LogP contribution in [0.3, 0.4) is 0 Å². The van der Waals surface area contributed by atoms with Gasteiger partial charge in [0.15, 0.2) is 0 Å². The number of benzene rings is 1. The van der Waals surface area contributed by atoms with Gasteiger partial charge >= 0.3 is 0 Å². The highest BCUT2D eigenvalue weighted by molar-refractivity contribution is 6.17. The van der Waals surface area contributed by atoms with Gasteiger partial charge in [-0.3, -0.25) is 4.79 Å². The molecule has 0 aliphatic carbocycles. The lowest BCUT2D eigenvalue weighted by molar-refractivity contribution is 0.0949. The van der Waals surface area contributed by atoms with E-state index in [4.69, 9.17) is 11.6 Å². The maximum atomic E-state index is 13.3. The van der Waals surface area contributed by atoms with Crippen LogP contribution in [0.15, 0.2) is 18.2 Å². The Bertz CT molecular complexity index is 399. The molecule has 5 heteroatoms. The quantitative estimate of drug-likeness (QED) is 0.599. The van der Waals surface area contributed by atoms with Gasteiger partial charge in [-0.25, -0.2) is 8.78 Å². The van der Waals surface area contributed by atoms with E-state index in [1.165, 1.54) is 0 Å². The molecule has 0 atom stereocenters. The summed E-state index contributed by atoms with van der Waals surface area (Å²) in [4.78, 5) is 11.6. The number of alkyl halides is 1. The maximum absolute atomic E-state index is 13.3. The second kappa shape index (κ2) is 8.03. The number of hydrogen-bond acceptors (Lipinski definition) is 1. The van der Waals surface area contributed by atoms with E-state index in [0.717, 1.165) is 37.8 Å². The van der Waals surface area contributed by atoms with Crippen LogP contribution in [0.4, 0.5) is 8.78 Å². The van der Waals surface area contributed by atoms with Crippen molar-refractivity contribution in [2.75, 3.05) is 12.4 Å². The number of carbonyl (C=O) groups excluding carboxylic acids is 1. The molecule has 0 aliphatic heterocycles. The van der Waals surface area contributed by atoms with Crippen molar-refractivity contribution in [3.05, 3.63) is 35.4 Å². The Morgan fingerprint density at radius 1 is 1.17 bits per heavy atom. The van der Waals surface area contributed by atoms with Gasteiger partial charge in [0.1, 0.15) is 11.6 Å². The van der Waals surface area contributed by atoms with Gasteiger partial charge < -0.3 is 5.32 Å². The minimum atomic E-state index is -0.838. The van der Waals surface area contributed by atoms with E-state index < -0.39 is 17.5 Å². The number of hydrogen-bond donors (Lipinski definition) is 1. The monoisotopic (exact) mass is 275 g/mol.